The maximum atomic E-state index is 11.7. The summed E-state index contributed by atoms with van der Waals surface area (Å²) in [5.74, 6) is -0.323. The van der Waals surface area contributed by atoms with Crippen LogP contribution in [0.25, 0.3) is 11.1 Å². The number of nitrogens with two attached hydrogens (primary N) is 1. The van der Waals surface area contributed by atoms with E-state index in [-0.39, 0.29) is 47.5 Å². The number of hydrogen-bond acceptors (Lipinski definition) is 3. The van der Waals surface area contributed by atoms with Gasteiger partial charge in [0.25, 0.3) is 0 Å². The average Bonchev–Trinajstić information content (AvgIpc) is 2.56. The van der Waals surface area contributed by atoms with Crippen LogP contribution in [0, 0.1) is 5.92 Å². The van der Waals surface area contributed by atoms with Crippen LogP contribution in [0.15, 0.2) is 54.6 Å². The third kappa shape index (κ3) is 6.40. The SMILES string of the molecule is CCOC(=O)[C@H](C)CC(N)Cc1ccc(-c2ccccc2)cc1.[NaH]. The third-order valence-corrected chi connectivity index (χ3v) is 3.90. The van der Waals surface area contributed by atoms with Crippen LogP contribution >= 0.6 is 0 Å². The molecule has 2 N–H and O–H groups in total. The van der Waals surface area contributed by atoms with E-state index in [0.717, 1.165) is 6.42 Å². The minimum absolute atomic E-state index is 0. The van der Waals surface area contributed by atoms with E-state index in [1.54, 1.807) is 0 Å². The van der Waals surface area contributed by atoms with E-state index in [1.807, 2.05) is 32.0 Å². The molecule has 3 nitrogen and oxygen atoms in total. The molecule has 2 rings (SSSR count). The summed E-state index contributed by atoms with van der Waals surface area (Å²) in [5, 5.41) is 0. The molecule has 2 aromatic rings. The van der Waals surface area contributed by atoms with Gasteiger partial charge in [-0.25, -0.2) is 0 Å². The molecule has 0 saturated carbocycles. The van der Waals surface area contributed by atoms with Crippen molar-refractivity contribution in [3.8, 4) is 11.1 Å². The van der Waals surface area contributed by atoms with Crippen molar-refractivity contribution in [3.05, 3.63) is 60.2 Å². The molecule has 1 unspecified atom stereocenters. The average molecular weight is 335 g/mol. The molecule has 0 fully saturated rings. The van der Waals surface area contributed by atoms with Gasteiger partial charge in [0.15, 0.2) is 0 Å². The molecule has 0 aromatic heterocycles. The Hall–Kier alpha value is -1.13. The van der Waals surface area contributed by atoms with Crippen molar-refractivity contribution in [1.82, 2.24) is 0 Å². The molecule has 0 saturated heterocycles. The number of hydrogen-bond donors (Lipinski definition) is 1. The van der Waals surface area contributed by atoms with Gasteiger partial charge in [0.1, 0.15) is 0 Å². The Balaban J connectivity index is 0.00000288. The number of benzene rings is 2. The normalized spacial score (nSPS) is 12.8. The summed E-state index contributed by atoms with van der Waals surface area (Å²) in [6.07, 6.45) is 1.40. The van der Waals surface area contributed by atoms with Crippen LogP contribution in [0.1, 0.15) is 25.8 Å². The zero-order valence-electron chi connectivity index (χ0n) is 13.9. The van der Waals surface area contributed by atoms with Crippen molar-refractivity contribution in [3.63, 3.8) is 0 Å². The molecule has 2 atom stereocenters. The summed E-state index contributed by atoms with van der Waals surface area (Å²) >= 11 is 0. The van der Waals surface area contributed by atoms with Crippen molar-refractivity contribution in [2.45, 2.75) is 32.7 Å². The second-order valence-corrected chi connectivity index (χ2v) is 5.92. The van der Waals surface area contributed by atoms with Crippen molar-refractivity contribution >= 4 is 35.5 Å². The Morgan fingerprint density at radius 1 is 1.04 bits per heavy atom. The molecule has 2 aromatic carbocycles. The standard InChI is InChI=1S/C20H25NO2.Na.H/c1-3-23-20(22)15(2)13-19(21)14-16-9-11-18(12-10-16)17-7-5-4-6-8-17;;/h4-12,15,19H,3,13-14,21H2,1-2H3;;/t15-,19?;;/m1../s1. The second kappa shape index (κ2) is 10.7. The van der Waals surface area contributed by atoms with Gasteiger partial charge in [-0.2, -0.15) is 0 Å². The number of ether oxygens (including phenoxy) is 1. The molecule has 0 aliphatic carbocycles. The molecule has 0 radical (unpaired) electrons. The van der Waals surface area contributed by atoms with Crippen molar-refractivity contribution in [1.29, 1.82) is 0 Å². The van der Waals surface area contributed by atoms with Crippen LogP contribution in [0.5, 0.6) is 0 Å². The predicted octanol–water partition coefficient (Wildman–Crippen LogP) is 3.16. The van der Waals surface area contributed by atoms with Crippen LogP contribution in [-0.4, -0.2) is 48.2 Å². The molecule has 0 amide bonds. The number of rotatable bonds is 7. The fourth-order valence-electron chi connectivity index (χ4n) is 2.68. The molecule has 4 heteroatoms. The molecule has 24 heavy (non-hydrogen) atoms. The summed E-state index contributed by atoms with van der Waals surface area (Å²) < 4.78 is 5.02. The summed E-state index contributed by atoms with van der Waals surface area (Å²) in [7, 11) is 0. The van der Waals surface area contributed by atoms with Gasteiger partial charge in [-0.15, -0.1) is 0 Å². The van der Waals surface area contributed by atoms with E-state index < -0.39 is 0 Å². The maximum absolute atomic E-state index is 11.7. The van der Waals surface area contributed by atoms with Gasteiger partial charge < -0.3 is 10.5 Å². The number of carbonyl (C=O) groups is 1. The van der Waals surface area contributed by atoms with Crippen LogP contribution < -0.4 is 5.73 Å². The van der Waals surface area contributed by atoms with E-state index >= 15 is 0 Å². The zero-order chi connectivity index (χ0) is 16.7. The van der Waals surface area contributed by atoms with Gasteiger partial charge in [0.2, 0.25) is 0 Å². The number of carbonyl (C=O) groups excluding carboxylic acids is 1. The van der Waals surface area contributed by atoms with Crippen LogP contribution in [0.4, 0.5) is 0 Å². The molecule has 0 heterocycles. The van der Waals surface area contributed by atoms with E-state index in [2.05, 4.69) is 36.4 Å². The Morgan fingerprint density at radius 2 is 1.62 bits per heavy atom. The quantitative estimate of drug-likeness (QED) is 0.625. The molecule has 0 spiro atoms. The Kier molecular flexibility index (Phi) is 9.30. The topological polar surface area (TPSA) is 52.3 Å². The fourth-order valence-corrected chi connectivity index (χ4v) is 2.68. The first kappa shape index (κ1) is 20.9. The Morgan fingerprint density at radius 3 is 2.21 bits per heavy atom. The zero-order valence-corrected chi connectivity index (χ0v) is 13.9. The molecular weight excluding hydrogens is 309 g/mol. The molecule has 0 aliphatic rings. The first-order valence-corrected chi connectivity index (χ1v) is 8.16. The van der Waals surface area contributed by atoms with Gasteiger partial charge in [0.05, 0.1) is 12.5 Å². The third-order valence-electron chi connectivity index (χ3n) is 3.90. The number of esters is 1. The first-order valence-electron chi connectivity index (χ1n) is 8.16. The van der Waals surface area contributed by atoms with E-state index in [4.69, 9.17) is 10.5 Å². The Labute approximate surface area is 166 Å². The van der Waals surface area contributed by atoms with Gasteiger partial charge in [-0.05, 0) is 36.5 Å². The summed E-state index contributed by atoms with van der Waals surface area (Å²) in [5.41, 5.74) is 9.77. The van der Waals surface area contributed by atoms with Gasteiger partial charge in [-0.1, -0.05) is 61.5 Å². The second-order valence-electron chi connectivity index (χ2n) is 5.92. The summed E-state index contributed by atoms with van der Waals surface area (Å²) in [6, 6.07) is 18.7. The van der Waals surface area contributed by atoms with E-state index in [9.17, 15) is 4.79 Å². The van der Waals surface area contributed by atoms with Crippen LogP contribution in [0.3, 0.4) is 0 Å². The van der Waals surface area contributed by atoms with Gasteiger partial charge in [-0.3, -0.25) is 4.79 Å². The van der Waals surface area contributed by atoms with E-state index in [0.29, 0.717) is 13.0 Å². The molecular formula is C20H26NNaO2. The van der Waals surface area contributed by atoms with Crippen molar-refractivity contribution in [2.24, 2.45) is 11.7 Å². The van der Waals surface area contributed by atoms with Crippen molar-refractivity contribution < 1.29 is 9.53 Å². The predicted molar refractivity (Wildman–Crippen MR) is 101 cm³/mol. The van der Waals surface area contributed by atoms with E-state index in [1.165, 1.54) is 16.7 Å². The summed E-state index contributed by atoms with van der Waals surface area (Å²) in [4.78, 5) is 11.7. The summed E-state index contributed by atoms with van der Waals surface area (Å²) in [6.45, 7) is 4.11. The molecule has 0 bridgehead atoms. The Bertz CT molecular complexity index is 613. The van der Waals surface area contributed by atoms with Crippen LogP contribution in [-0.2, 0) is 16.0 Å². The van der Waals surface area contributed by atoms with Gasteiger partial charge in [0, 0.05) is 6.04 Å². The monoisotopic (exact) mass is 335 g/mol. The fraction of sp³-hybridized carbons (Fsp3) is 0.350. The first-order chi connectivity index (χ1) is 11.1. The van der Waals surface area contributed by atoms with Crippen LogP contribution in [0.2, 0.25) is 0 Å². The molecule has 0 aliphatic heterocycles. The minimum atomic E-state index is -0.164. The van der Waals surface area contributed by atoms with Gasteiger partial charge >= 0.3 is 35.5 Å². The van der Waals surface area contributed by atoms with Crippen molar-refractivity contribution in [2.75, 3.05) is 6.61 Å². The molecule has 124 valence electrons.